The van der Waals surface area contributed by atoms with E-state index in [0.29, 0.717) is 17.5 Å². The topological polar surface area (TPSA) is 77.6 Å². The van der Waals surface area contributed by atoms with Crippen LogP contribution in [0.1, 0.15) is 5.69 Å². The zero-order chi connectivity index (χ0) is 12.4. The van der Waals surface area contributed by atoms with Gasteiger partial charge in [-0.3, -0.25) is 9.97 Å². The van der Waals surface area contributed by atoms with Crippen LogP contribution in [0.5, 0.6) is 0 Å². The summed E-state index contributed by atoms with van der Waals surface area (Å²) in [7, 11) is 0. The molecule has 0 aromatic carbocycles. The van der Waals surface area contributed by atoms with Crippen molar-refractivity contribution in [2.45, 2.75) is 6.92 Å². The summed E-state index contributed by atoms with van der Waals surface area (Å²) in [6, 6.07) is 3.66. The van der Waals surface area contributed by atoms with Crippen LogP contribution in [0.4, 0.5) is 0 Å². The molecule has 6 nitrogen and oxygen atoms in total. The Balaban J connectivity index is 1.97. The minimum absolute atomic E-state index is 0.348. The molecule has 3 aromatic rings. The lowest BCUT2D eigenvalue weighted by atomic mass is 10.3. The number of aromatic nitrogens is 5. The normalized spacial score (nSPS) is 10.5. The number of aryl methyl sites for hydroxylation is 1. The Morgan fingerprint density at radius 2 is 1.89 bits per heavy atom. The fraction of sp³-hybridized carbons (Fsp3) is 0.0833. The van der Waals surface area contributed by atoms with Gasteiger partial charge in [0.15, 0.2) is 0 Å². The van der Waals surface area contributed by atoms with Crippen LogP contribution in [0.2, 0.25) is 0 Å². The summed E-state index contributed by atoms with van der Waals surface area (Å²) in [5.41, 5.74) is 2.17. The van der Waals surface area contributed by atoms with Crippen molar-refractivity contribution in [2.24, 2.45) is 0 Å². The lowest BCUT2D eigenvalue weighted by Gasteiger charge is -1.94. The SMILES string of the molecule is Cc1cnc(-c2nnc(-c3cccnc3)o2)cn1. The third kappa shape index (κ3) is 1.95. The molecule has 0 radical (unpaired) electrons. The molecule has 3 aromatic heterocycles. The van der Waals surface area contributed by atoms with E-state index in [-0.39, 0.29) is 0 Å². The molecule has 3 rings (SSSR count). The Kier molecular flexibility index (Phi) is 2.53. The summed E-state index contributed by atoms with van der Waals surface area (Å²) in [6.07, 6.45) is 6.61. The summed E-state index contributed by atoms with van der Waals surface area (Å²) in [5, 5.41) is 7.91. The van der Waals surface area contributed by atoms with E-state index in [0.717, 1.165) is 11.3 Å². The van der Waals surface area contributed by atoms with E-state index >= 15 is 0 Å². The Hall–Kier alpha value is -2.63. The minimum atomic E-state index is 0.348. The molecule has 18 heavy (non-hydrogen) atoms. The van der Waals surface area contributed by atoms with Crippen molar-refractivity contribution in [1.82, 2.24) is 25.1 Å². The predicted octanol–water partition coefficient (Wildman–Crippen LogP) is 1.90. The molecule has 0 saturated heterocycles. The first-order valence-electron chi connectivity index (χ1n) is 5.36. The van der Waals surface area contributed by atoms with Crippen LogP contribution < -0.4 is 0 Å². The fourth-order valence-electron chi connectivity index (χ4n) is 1.44. The van der Waals surface area contributed by atoms with Crippen LogP contribution in [0.25, 0.3) is 23.0 Å². The summed E-state index contributed by atoms with van der Waals surface area (Å²) in [6.45, 7) is 1.87. The Morgan fingerprint density at radius 1 is 1.00 bits per heavy atom. The molecule has 0 unspecified atom stereocenters. The molecule has 6 heteroatoms. The molecule has 0 aliphatic heterocycles. The van der Waals surface area contributed by atoms with Crippen LogP contribution in [-0.2, 0) is 0 Å². The van der Waals surface area contributed by atoms with Gasteiger partial charge in [0.1, 0.15) is 5.69 Å². The lowest BCUT2D eigenvalue weighted by Crippen LogP contribution is -1.87. The van der Waals surface area contributed by atoms with Crippen LogP contribution >= 0.6 is 0 Å². The van der Waals surface area contributed by atoms with Crippen molar-refractivity contribution in [3.63, 3.8) is 0 Å². The van der Waals surface area contributed by atoms with Gasteiger partial charge in [0.25, 0.3) is 5.89 Å². The van der Waals surface area contributed by atoms with Crippen molar-refractivity contribution >= 4 is 0 Å². The monoisotopic (exact) mass is 239 g/mol. The van der Waals surface area contributed by atoms with Crippen LogP contribution in [-0.4, -0.2) is 25.1 Å². The van der Waals surface area contributed by atoms with Crippen LogP contribution in [0.3, 0.4) is 0 Å². The highest BCUT2D eigenvalue weighted by Gasteiger charge is 2.11. The number of nitrogens with zero attached hydrogens (tertiary/aromatic N) is 5. The second kappa shape index (κ2) is 4.33. The molecule has 0 fully saturated rings. The van der Waals surface area contributed by atoms with E-state index in [9.17, 15) is 0 Å². The summed E-state index contributed by atoms with van der Waals surface area (Å²) >= 11 is 0. The third-order valence-electron chi connectivity index (χ3n) is 2.33. The summed E-state index contributed by atoms with van der Waals surface area (Å²) in [5.74, 6) is 0.766. The van der Waals surface area contributed by atoms with Gasteiger partial charge in [0.2, 0.25) is 5.89 Å². The zero-order valence-electron chi connectivity index (χ0n) is 9.61. The summed E-state index contributed by atoms with van der Waals surface area (Å²) in [4.78, 5) is 12.3. The quantitative estimate of drug-likeness (QED) is 0.679. The first-order chi connectivity index (χ1) is 8.83. The van der Waals surface area contributed by atoms with Crippen molar-refractivity contribution in [1.29, 1.82) is 0 Å². The zero-order valence-corrected chi connectivity index (χ0v) is 9.61. The highest BCUT2D eigenvalue weighted by Crippen LogP contribution is 2.21. The number of hydrogen-bond acceptors (Lipinski definition) is 6. The second-order valence-corrected chi connectivity index (χ2v) is 3.70. The molecule has 3 heterocycles. The molecule has 0 aliphatic carbocycles. The Labute approximate surface area is 103 Å². The van der Waals surface area contributed by atoms with Gasteiger partial charge in [-0.15, -0.1) is 10.2 Å². The van der Waals surface area contributed by atoms with Gasteiger partial charge in [0, 0.05) is 18.6 Å². The predicted molar refractivity (Wildman–Crippen MR) is 63.3 cm³/mol. The molecular weight excluding hydrogens is 230 g/mol. The molecule has 0 bridgehead atoms. The molecule has 0 amide bonds. The number of pyridine rings is 1. The van der Waals surface area contributed by atoms with Gasteiger partial charge in [-0.05, 0) is 19.1 Å². The van der Waals surface area contributed by atoms with Crippen molar-refractivity contribution < 1.29 is 4.42 Å². The molecule has 88 valence electrons. The van der Waals surface area contributed by atoms with Crippen molar-refractivity contribution in [3.05, 3.63) is 42.6 Å². The molecule has 0 aliphatic rings. The first kappa shape index (κ1) is 10.5. The van der Waals surface area contributed by atoms with E-state index < -0.39 is 0 Å². The molecule has 0 N–H and O–H groups in total. The number of hydrogen-bond donors (Lipinski definition) is 0. The second-order valence-electron chi connectivity index (χ2n) is 3.70. The largest absolute Gasteiger partial charge is 0.414 e. The van der Waals surface area contributed by atoms with Gasteiger partial charge in [0.05, 0.1) is 17.5 Å². The highest BCUT2D eigenvalue weighted by atomic mass is 16.4. The standard InChI is InChI=1S/C12H9N5O/c1-8-5-15-10(7-14-8)12-17-16-11(18-12)9-3-2-4-13-6-9/h2-7H,1H3. The van der Waals surface area contributed by atoms with Gasteiger partial charge in [-0.2, -0.15) is 0 Å². The van der Waals surface area contributed by atoms with E-state index in [1.165, 1.54) is 0 Å². The lowest BCUT2D eigenvalue weighted by molar-refractivity contribution is 0.581. The molecule has 0 spiro atoms. The average Bonchev–Trinajstić information content (AvgIpc) is 2.90. The molecular formula is C12H9N5O. The van der Waals surface area contributed by atoms with Gasteiger partial charge >= 0.3 is 0 Å². The van der Waals surface area contributed by atoms with Gasteiger partial charge < -0.3 is 4.42 Å². The third-order valence-corrected chi connectivity index (χ3v) is 2.33. The maximum Gasteiger partial charge on any atom is 0.268 e. The van der Waals surface area contributed by atoms with Gasteiger partial charge in [-0.1, -0.05) is 0 Å². The average molecular weight is 239 g/mol. The summed E-state index contributed by atoms with van der Waals surface area (Å²) < 4.78 is 5.53. The first-order valence-corrected chi connectivity index (χ1v) is 5.36. The van der Waals surface area contributed by atoms with Crippen molar-refractivity contribution in [2.75, 3.05) is 0 Å². The smallest absolute Gasteiger partial charge is 0.268 e. The van der Waals surface area contributed by atoms with Crippen molar-refractivity contribution in [3.8, 4) is 23.0 Å². The van der Waals surface area contributed by atoms with E-state index in [2.05, 4.69) is 25.1 Å². The highest BCUT2D eigenvalue weighted by molar-refractivity contribution is 5.53. The van der Waals surface area contributed by atoms with E-state index in [1.54, 1.807) is 24.8 Å². The molecule has 0 atom stereocenters. The minimum Gasteiger partial charge on any atom is -0.414 e. The maximum atomic E-state index is 5.53. The van der Waals surface area contributed by atoms with E-state index in [1.807, 2.05) is 19.1 Å². The van der Waals surface area contributed by atoms with Crippen LogP contribution in [0.15, 0.2) is 41.3 Å². The van der Waals surface area contributed by atoms with E-state index in [4.69, 9.17) is 4.42 Å². The molecule has 0 saturated carbocycles. The maximum absolute atomic E-state index is 5.53. The number of rotatable bonds is 2. The van der Waals surface area contributed by atoms with Crippen LogP contribution in [0, 0.1) is 6.92 Å². The Bertz CT molecular complexity index is 648. The Morgan fingerprint density at radius 3 is 2.61 bits per heavy atom. The fourth-order valence-corrected chi connectivity index (χ4v) is 1.44. The van der Waals surface area contributed by atoms with Gasteiger partial charge in [-0.25, -0.2) is 4.98 Å².